The van der Waals surface area contributed by atoms with Crippen molar-refractivity contribution in [2.24, 2.45) is 0 Å². The van der Waals surface area contributed by atoms with Gasteiger partial charge in [-0.05, 0) is 25.8 Å². The van der Waals surface area contributed by atoms with Gasteiger partial charge in [0.05, 0.1) is 6.10 Å². The highest BCUT2D eigenvalue weighted by Crippen LogP contribution is 2.29. The first-order chi connectivity index (χ1) is 7.23. The van der Waals surface area contributed by atoms with E-state index in [0.29, 0.717) is 6.42 Å². The van der Waals surface area contributed by atoms with Crippen molar-refractivity contribution in [1.82, 2.24) is 5.32 Å². The molecule has 2 N–H and O–H groups in total. The maximum Gasteiger partial charge on any atom is 0.351 e. The van der Waals surface area contributed by atoms with Gasteiger partial charge in [0.25, 0.3) is 0 Å². The zero-order chi connectivity index (χ0) is 10.7. The number of carbonyl (C=O) groups is 1. The Kier molecular flexibility index (Phi) is 3.26. The van der Waals surface area contributed by atoms with E-state index in [1.54, 1.807) is 0 Å². The highest BCUT2D eigenvalue weighted by Gasteiger charge is 2.44. The second-order valence-corrected chi connectivity index (χ2v) is 4.54. The molecule has 0 radical (unpaired) electrons. The minimum absolute atomic E-state index is 0.139. The fourth-order valence-electron chi connectivity index (χ4n) is 2.52. The van der Waals surface area contributed by atoms with Crippen molar-refractivity contribution < 1.29 is 14.6 Å². The molecule has 1 atom stereocenters. The first-order valence-electron chi connectivity index (χ1n) is 5.89. The molecule has 4 nitrogen and oxygen atoms in total. The van der Waals surface area contributed by atoms with Crippen molar-refractivity contribution in [3.63, 3.8) is 0 Å². The summed E-state index contributed by atoms with van der Waals surface area (Å²) in [5.41, 5.74) is -1.08. The smallest absolute Gasteiger partial charge is 0.351 e. The van der Waals surface area contributed by atoms with E-state index < -0.39 is 11.7 Å². The molecule has 2 rings (SSSR count). The van der Waals surface area contributed by atoms with Crippen molar-refractivity contribution in [2.45, 2.75) is 56.8 Å². The lowest BCUT2D eigenvalue weighted by molar-refractivity contribution is -0.180. The van der Waals surface area contributed by atoms with Crippen molar-refractivity contribution in [3.8, 4) is 0 Å². The molecule has 1 aliphatic heterocycles. The Morgan fingerprint density at radius 3 is 2.53 bits per heavy atom. The van der Waals surface area contributed by atoms with Crippen LogP contribution < -0.4 is 5.32 Å². The molecule has 2 aliphatic rings. The van der Waals surface area contributed by atoms with E-state index in [2.05, 4.69) is 5.32 Å². The zero-order valence-electron chi connectivity index (χ0n) is 9.00. The van der Waals surface area contributed by atoms with Crippen molar-refractivity contribution in [3.05, 3.63) is 0 Å². The van der Waals surface area contributed by atoms with E-state index in [9.17, 15) is 9.90 Å². The summed E-state index contributed by atoms with van der Waals surface area (Å²) in [6, 6.07) is 0. The van der Waals surface area contributed by atoms with Crippen LogP contribution in [-0.2, 0) is 9.53 Å². The Hall–Kier alpha value is -0.610. The number of carboxylic acids is 1. The quantitative estimate of drug-likeness (QED) is 0.746. The third-order valence-corrected chi connectivity index (χ3v) is 3.38. The first kappa shape index (κ1) is 10.9. The van der Waals surface area contributed by atoms with Gasteiger partial charge in [0.15, 0.2) is 0 Å². The highest BCUT2D eigenvalue weighted by atomic mass is 16.6. The number of carboxylic acid groups (broad SMARTS) is 1. The van der Waals surface area contributed by atoms with Gasteiger partial charge in [-0.3, -0.25) is 5.32 Å². The molecule has 1 saturated heterocycles. The molecule has 2 fully saturated rings. The summed E-state index contributed by atoms with van der Waals surface area (Å²) in [6.45, 7) is 0.749. The molecular weight excluding hydrogens is 194 g/mol. The van der Waals surface area contributed by atoms with E-state index in [1.165, 1.54) is 19.3 Å². The molecule has 0 aromatic rings. The molecule has 1 saturated carbocycles. The lowest BCUT2D eigenvalue weighted by Crippen LogP contribution is -2.52. The van der Waals surface area contributed by atoms with Crippen LogP contribution in [0.1, 0.15) is 44.9 Å². The molecule has 0 bridgehead atoms. The number of nitrogens with one attached hydrogen (secondary N) is 1. The van der Waals surface area contributed by atoms with E-state index in [-0.39, 0.29) is 6.10 Å². The standard InChI is InChI=1S/C11H19NO3/c13-10(14)11(7-4-8-12-11)15-9-5-2-1-3-6-9/h9,12H,1-8H2,(H,13,14)/t11-/m1/s1. The first-order valence-corrected chi connectivity index (χ1v) is 5.89. The van der Waals surface area contributed by atoms with Crippen LogP contribution in [0.4, 0.5) is 0 Å². The summed E-state index contributed by atoms with van der Waals surface area (Å²) >= 11 is 0. The van der Waals surface area contributed by atoms with Gasteiger partial charge in [0.1, 0.15) is 0 Å². The topological polar surface area (TPSA) is 58.6 Å². The Labute approximate surface area is 90.0 Å². The Morgan fingerprint density at radius 2 is 2.00 bits per heavy atom. The molecule has 0 aromatic carbocycles. The number of hydrogen-bond acceptors (Lipinski definition) is 3. The van der Waals surface area contributed by atoms with Gasteiger partial charge >= 0.3 is 5.97 Å². The van der Waals surface area contributed by atoms with Gasteiger partial charge in [-0.25, -0.2) is 4.79 Å². The summed E-state index contributed by atoms with van der Waals surface area (Å²) in [5.74, 6) is -0.856. The van der Waals surface area contributed by atoms with Crippen LogP contribution in [0, 0.1) is 0 Å². The van der Waals surface area contributed by atoms with Gasteiger partial charge < -0.3 is 9.84 Å². The lowest BCUT2D eigenvalue weighted by Gasteiger charge is -2.32. The predicted molar refractivity (Wildman–Crippen MR) is 55.6 cm³/mol. The minimum atomic E-state index is -1.08. The monoisotopic (exact) mass is 213 g/mol. The van der Waals surface area contributed by atoms with Crippen molar-refractivity contribution in [2.75, 3.05) is 6.54 Å². The molecule has 15 heavy (non-hydrogen) atoms. The Morgan fingerprint density at radius 1 is 1.27 bits per heavy atom. The average Bonchev–Trinajstić information content (AvgIpc) is 2.69. The van der Waals surface area contributed by atoms with Gasteiger partial charge in [-0.2, -0.15) is 0 Å². The van der Waals surface area contributed by atoms with Crippen LogP contribution in [0.25, 0.3) is 0 Å². The SMILES string of the molecule is O=C(O)[C@]1(OC2CCCCC2)CCCN1. The fourth-order valence-corrected chi connectivity index (χ4v) is 2.52. The van der Waals surface area contributed by atoms with E-state index in [4.69, 9.17) is 4.74 Å². The molecule has 0 aromatic heterocycles. The molecule has 0 unspecified atom stereocenters. The highest BCUT2D eigenvalue weighted by molar-refractivity contribution is 5.77. The van der Waals surface area contributed by atoms with Gasteiger partial charge in [0.2, 0.25) is 5.72 Å². The van der Waals surface area contributed by atoms with Crippen LogP contribution >= 0.6 is 0 Å². The third-order valence-electron chi connectivity index (χ3n) is 3.38. The number of ether oxygens (including phenoxy) is 1. The molecule has 0 amide bonds. The summed E-state index contributed by atoms with van der Waals surface area (Å²) in [7, 11) is 0. The maximum absolute atomic E-state index is 11.2. The van der Waals surface area contributed by atoms with Crippen LogP contribution in [0.2, 0.25) is 0 Å². The largest absolute Gasteiger partial charge is 0.478 e. The van der Waals surface area contributed by atoms with Crippen LogP contribution in [0.15, 0.2) is 0 Å². The molecule has 1 aliphatic carbocycles. The van der Waals surface area contributed by atoms with Crippen LogP contribution in [-0.4, -0.2) is 29.4 Å². The number of aliphatic carboxylic acids is 1. The Balaban J connectivity index is 1.96. The number of rotatable bonds is 3. The fraction of sp³-hybridized carbons (Fsp3) is 0.909. The molecule has 4 heteroatoms. The summed E-state index contributed by atoms with van der Waals surface area (Å²) < 4.78 is 5.79. The van der Waals surface area contributed by atoms with E-state index >= 15 is 0 Å². The number of hydrogen-bond donors (Lipinski definition) is 2. The molecule has 0 spiro atoms. The molecular formula is C11H19NO3. The van der Waals surface area contributed by atoms with Gasteiger partial charge in [0, 0.05) is 6.42 Å². The molecule has 1 heterocycles. The maximum atomic E-state index is 11.2. The van der Waals surface area contributed by atoms with Crippen LogP contribution in [0.3, 0.4) is 0 Å². The predicted octanol–water partition coefficient (Wildman–Crippen LogP) is 1.50. The summed E-state index contributed by atoms with van der Waals surface area (Å²) in [6.07, 6.45) is 7.24. The van der Waals surface area contributed by atoms with Crippen molar-refractivity contribution >= 4 is 5.97 Å². The average molecular weight is 213 g/mol. The summed E-state index contributed by atoms with van der Waals surface area (Å²) in [5, 5.41) is 12.2. The van der Waals surface area contributed by atoms with Crippen LogP contribution in [0.5, 0.6) is 0 Å². The summed E-state index contributed by atoms with van der Waals surface area (Å²) in [4.78, 5) is 11.2. The van der Waals surface area contributed by atoms with Gasteiger partial charge in [-0.15, -0.1) is 0 Å². The van der Waals surface area contributed by atoms with E-state index in [1.807, 2.05) is 0 Å². The second-order valence-electron chi connectivity index (χ2n) is 4.54. The lowest BCUT2D eigenvalue weighted by atomic mass is 9.97. The third kappa shape index (κ3) is 2.32. The zero-order valence-corrected chi connectivity index (χ0v) is 9.00. The second kappa shape index (κ2) is 4.49. The molecule has 86 valence electrons. The van der Waals surface area contributed by atoms with E-state index in [0.717, 1.165) is 25.8 Å². The normalized spacial score (nSPS) is 33.1. The Bertz CT molecular complexity index is 230. The van der Waals surface area contributed by atoms with Gasteiger partial charge in [-0.1, -0.05) is 19.3 Å². The minimum Gasteiger partial charge on any atom is -0.478 e. The van der Waals surface area contributed by atoms with Crippen molar-refractivity contribution in [1.29, 1.82) is 0 Å².